The normalized spacial score (nSPS) is 11.4. The fourth-order valence-electron chi connectivity index (χ4n) is 3.12. The fourth-order valence-corrected chi connectivity index (χ4v) is 3.94. The van der Waals surface area contributed by atoms with E-state index in [-0.39, 0.29) is 0 Å². The van der Waals surface area contributed by atoms with Gasteiger partial charge in [-0.05, 0) is 56.3 Å². The largest absolute Gasteiger partial charge is 0.497 e. The zero-order valence-electron chi connectivity index (χ0n) is 15.4. The lowest BCUT2D eigenvalue weighted by molar-refractivity contribution is 0.414. The SMILES string of the molecule is COc1ccc(-n2c(C)cc(C=NNc3nc4ccccc4s3)c2C)cc1. The number of hydrogen-bond acceptors (Lipinski definition) is 5. The lowest BCUT2D eigenvalue weighted by Crippen LogP contribution is -2.00. The minimum atomic E-state index is 0.788. The van der Waals surface area contributed by atoms with E-state index < -0.39 is 0 Å². The number of rotatable bonds is 5. The summed E-state index contributed by atoms with van der Waals surface area (Å²) in [6.07, 6.45) is 1.84. The van der Waals surface area contributed by atoms with Gasteiger partial charge in [-0.15, -0.1) is 0 Å². The molecule has 136 valence electrons. The van der Waals surface area contributed by atoms with Crippen molar-refractivity contribution in [1.29, 1.82) is 0 Å². The highest BCUT2D eigenvalue weighted by molar-refractivity contribution is 7.22. The number of methoxy groups -OCH3 is 1. The molecule has 4 rings (SSSR count). The lowest BCUT2D eigenvalue weighted by Gasteiger charge is -2.10. The second kappa shape index (κ2) is 7.25. The Bertz CT molecular complexity index is 1080. The van der Waals surface area contributed by atoms with Gasteiger partial charge in [0.1, 0.15) is 5.75 Å². The molecule has 0 saturated carbocycles. The molecule has 0 aliphatic rings. The Morgan fingerprint density at radius 1 is 1.11 bits per heavy atom. The van der Waals surface area contributed by atoms with Gasteiger partial charge in [0.15, 0.2) is 0 Å². The molecule has 2 heterocycles. The van der Waals surface area contributed by atoms with Crippen molar-refractivity contribution in [2.24, 2.45) is 5.10 Å². The van der Waals surface area contributed by atoms with Gasteiger partial charge in [-0.25, -0.2) is 4.98 Å². The van der Waals surface area contributed by atoms with E-state index in [1.165, 1.54) is 0 Å². The molecular weight excluding hydrogens is 356 g/mol. The number of nitrogens with zero attached hydrogens (tertiary/aromatic N) is 3. The number of anilines is 1. The molecule has 0 unspecified atom stereocenters. The third-order valence-electron chi connectivity index (χ3n) is 4.46. The Kier molecular flexibility index (Phi) is 4.64. The van der Waals surface area contributed by atoms with Gasteiger partial charge in [-0.2, -0.15) is 5.10 Å². The average Bonchev–Trinajstić information content (AvgIpc) is 3.22. The molecule has 2 aromatic carbocycles. The van der Waals surface area contributed by atoms with Crippen LogP contribution in [0.1, 0.15) is 17.0 Å². The molecule has 0 amide bonds. The van der Waals surface area contributed by atoms with Crippen molar-refractivity contribution in [2.75, 3.05) is 12.5 Å². The number of aryl methyl sites for hydroxylation is 1. The van der Waals surface area contributed by atoms with Crippen LogP contribution in [0.5, 0.6) is 5.75 Å². The van der Waals surface area contributed by atoms with Crippen LogP contribution < -0.4 is 10.2 Å². The van der Waals surface area contributed by atoms with E-state index in [4.69, 9.17) is 4.74 Å². The summed E-state index contributed by atoms with van der Waals surface area (Å²) in [4.78, 5) is 4.53. The van der Waals surface area contributed by atoms with Crippen LogP contribution in [0.25, 0.3) is 15.9 Å². The van der Waals surface area contributed by atoms with E-state index in [9.17, 15) is 0 Å². The van der Waals surface area contributed by atoms with Crippen LogP contribution in [0.2, 0.25) is 0 Å². The number of hydrogen-bond donors (Lipinski definition) is 1. The number of aromatic nitrogens is 2. The molecule has 6 heteroatoms. The van der Waals surface area contributed by atoms with E-state index >= 15 is 0 Å². The summed E-state index contributed by atoms with van der Waals surface area (Å²) in [5.41, 5.74) is 8.48. The number of para-hydroxylation sites is 1. The van der Waals surface area contributed by atoms with Crippen molar-refractivity contribution in [1.82, 2.24) is 9.55 Å². The maximum atomic E-state index is 5.24. The quantitative estimate of drug-likeness (QED) is 0.387. The molecular formula is C21H20N4OS. The molecule has 1 N–H and O–H groups in total. The second-order valence-corrected chi connectivity index (χ2v) is 7.25. The standard InChI is InChI=1S/C21H20N4OS/c1-14-12-16(15(2)25(14)17-8-10-18(26-3)11-9-17)13-22-24-21-23-19-6-4-5-7-20(19)27-21/h4-13H,1-3H3,(H,23,24). The molecule has 0 fully saturated rings. The van der Waals surface area contributed by atoms with Crippen molar-refractivity contribution < 1.29 is 4.74 Å². The molecule has 0 atom stereocenters. The summed E-state index contributed by atoms with van der Waals surface area (Å²) < 4.78 is 8.60. The second-order valence-electron chi connectivity index (χ2n) is 6.22. The van der Waals surface area contributed by atoms with Gasteiger partial charge < -0.3 is 9.30 Å². The van der Waals surface area contributed by atoms with Crippen LogP contribution in [-0.2, 0) is 0 Å². The summed E-state index contributed by atoms with van der Waals surface area (Å²) in [6, 6.07) is 18.2. The van der Waals surface area contributed by atoms with Crippen LogP contribution in [-0.4, -0.2) is 22.9 Å². The zero-order chi connectivity index (χ0) is 18.8. The van der Waals surface area contributed by atoms with Gasteiger partial charge in [0.2, 0.25) is 5.13 Å². The van der Waals surface area contributed by atoms with E-state index in [1.54, 1.807) is 18.4 Å². The first-order valence-electron chi connectivity index (χ1n) is 8.64. The molecule has 0 radical (unpaired) electrons. The summed E-state index contributed by atoms with van der Waals surface area (Å²) in [5, 5.41) is 5.17. The van der Waals surface area contributed by atoms with Crippen LogP contribution in [0, 0.1) is 13.8 Å². The fraction of sp³-hybridized carbons (Fsp3) is 0.143. The molecule has 5 nitrogen and oxygen atoms in total. The van der Waals surface area contributed by atoms with Crippen molar-refractivity contribution in [3.05, 3.63) is 71.5 Å². The number of fused-ring (bicyclic) bond motifs is 1. The predicted molar refractivity (Wildman–Crippen MR) is 113 cm³/mol. The van der Waals surface area contributed by atoms with E-state index in [0.717, 1.165) is 43.7 Å². The Labute approximate surface area is 161 Å². The van der Waals surface area contributed by atoms with Gasteiger partial charge in [0.25, 0.3) is 0 Å². The van der Waals surface area contributed by atoms with Gasteiger partial charge in [0.05, 0.1) is 23.5 Å². The van der Waals surface area contributed by atoms with E-state index in [1.807, 2.05) is 36.5 Å². The van der Waals surface area contributed by atoms with Crippen LogP contribution >= 0.6 is 11.3 Å². The summed E-state index contributed by atoms with van der Waals surface area (Å²) in [7, 11) is 1.67. The van der Waals surface area contributed by atoms with Gasteiger partial charge in [-0.3, -0.25) is 5.43 Å². The predicted octanol–water partition coefficient (Wildman–Crippen LogP) is 5.16. The first-order chi connectivity index (χ1) is 13.2. The lowest BCUT2D eigenvalue weighted by atomic mass is 10.2. The third-order valence-corrected chi connectivity index (χ3v) is 5.40. The molecule has 2 aromatic heterocycles. The molecule has 0 aliphatic heterocycles. The first-order valence-corrected chi connectivity index (χ1v) is 9.45. The Morgan fingerprint density at radius 3 is 2.63 bits per heavy atom. The van der Waals surface area contributed by atoms with Gasteiger partial charge >= 0.3 is 0 Å². The van der Waals surface area contributed by atoms with Crippen molar-refractivity contribution in [3.63, 3.8) is 0 Å². The topological polar surface area (TPSA) is 51.4 Å². The highest BCUT2D eigenvalue weighted by Crippen LogP contribution is 2.25. The zero-order valence-corrected chi connectivity index (χ0v) is 16.2. The molecule has 27 heavy (non-hydrogen) atoms. The maximum absolute atomic E-state index is 5.24. The number of benzene rings is 2. The van der Waals surface area contributed by atoms with Gasteiger partial charge in [-0.1, -0.05) is 23.5 Å². The summed E-state index contributed by atoms with van der Waals surface area (Å²) in [6.45, 7) is 4.19. The van der Waals surface area contributed by atoms with E-state index in [2.05, 4.69) is 58.2 Å². The number of ether oxygens (including phenoxy) is 1. The Morgan fingerprint density at radius 2 is 1.89 bits per heavy atom. The summed E-state index contributed by atoms with van der Waals surface area (Å²) >= 11 is 1.59. The Hall–Kier alpha value is -3.12. The van der Waals surface area contributed by atoms with Crippen molar-refractivity contribution in [3.8, 4) is 11.4 Å². The monoisotopic (exact) mass is 376 g/mol. The van der Waals surface area contributed by atoms with Gasteiger partial charge in [0, 0.05) is 22.6 Å². The third kappa shape index (κ3) is 3.44. The first kappa shape index (κ1) is 17.3. The highest BCUT2D eigenvalue weighted by Gasteiger charge is 2.09. The molecule has 0 aliphatic carbocycles. The van der Waals surface area contributed by atoms with E-state index in [0.29, 0.717) is 0 Å². The average molecular weight is 376 g/mol. The van der Waals surface area contributed by atoms with Crippen LogP contribution in [0.15, 0.2) is 59.7 Å². The molecule has 0 saturated heterocycles. The maximum Gasteiger partial charge on any atom is 0.204 e. The smallest absolute Gasteiger partial charge is 0.204 e. The van der Waals surface area contributed by atoms with Crippen molar-refractivity contribution >= 4 is 32.9 Å². The Balaban J connectivity index is 1.56. The highest BCUT2D eigenvalue weighted by atomic mass is 32.1. The molecule has 0 spiro atoms. The minimum absolute atomic E-state index is 0.788. The number of hydrazone groups is 1. The molecule has 4 aromatic rings. The van der Waals surface area contributed by atoms with Crippen LogP contribution in [0.4, 0.5) is 5.13 Å². The number of thiazole rings is 1. The van der Waals surface area contributed by atoms with Crippen LogP contribution in [0.3, 0.4) is 0 Å². The minimum Gasteiger partial charge on any atom is -0.497 e. The summed E-state index contributed by atoms with van der Waals surface area (Å²) in [5.74, 6) is 0.850. The molecule has 0 bridgehead atoms. The number of nitrogens with one attached hydrogen (secondary N) is 1. The van der Waals surface area contributed by atoms with Crippen molar-refractivity contribution in [2.45, 2.75) is 13.8 Å².